The number of rotatable bonds is 13. The van der Waals surface area contributed by atoms with Gasteiger partial charge in [0.15, 0.2) is 6.10 Å². The summed E-state index contributed by atoms with van der Waals surface area (Å²) in [5, 5.41) is 18.4. The topological polar surface area (TPSA) is 102 Å². The van der Waals surface area contributed by atoms with E-state index in [4.69, 9.17) is 19.3 Å². The Balaban J connectivity index is 2.91. The summed E-state index contributed by atoms with van der Waals surface area (Å²) >= 11 is 0. The molecule has 0 bridgehead atoms. The summed E-state index contributed by atoms with van der Waals surface area (Å²) in [5.74, 6) is -0.703. The van der Waals surface area contributed by atoms with Crippen LogP contribution in [0.2, 0.25) is 0 Å². The van der Waals surface area contributed by atoms with Gasteiger partial charge in [0.1, 0.15) is 12.2 Å². The maximum absolute atomic E-state index is 12.6. The van der Waals surface area contributed by atoms with Gasteiger partial charge in [-0.1, -0.05) is 43.2 Å². The summed E-state index contributed by atoms with van der Waals surface area (Å²) in [6, 6.07) is 0. The molecule has 2 N–H and O–H groups in total. The average molecular weight is 467 g/mol. The monoisotopic (exact) mass is 466 g/mol. The van der Waals surface area contributed by atoms with Gasteiger partial charge >= 0.3 is 11.9 Å². The number of hydrogen-bond acceptors (Lipinski definition) is 7. The lowest BCUT2D eigenvalue weighted by molar-refractivity contribution is -0.200. The predicted molar refractivity (Wildman–Crippen MR) is 127 cm³/mol. The minimum absolute atomic E-state index is 0.0150. The smallest absolute Gasteiger partial charge is 0.331 e. The number of allylic oxidation sites excluding steroid dienone is 4. The molecule has 188 valence electrons. The first kappa shape index (κ1) is 29.1. The van der Waals surface area contributed by atoms with Gasteiger partial charge in [-0.15, -0.1) is 0 Å². The van der Waals surface area contributed by atoms with Crippen molar-refractivity contribution in [2.45, 2.75) is 78.6 Å². The van der Waals surface area contributed by atoms with E-state index in [0.29, 0.717) is 12.3 Å². The van der Waals surface area contributed by atoms with Gasteiger partial charge in [0.25, 0.3) is 0 Å². The Hall–Kier alpha value is -1.96. The van der Waals surface area contributed by atoms with Gasteiger partial charge in [-0.2, -0.15) is 0 Å². The van der Waals surface area contributed by atoms with Crippen LogP contribution in [0.1, 0.15) is 60.3 Å². The molecule has 1 fully saturated rings. The van der Waals surface area contributed by atoms with E-state index in [1.807, 2.05) is 20.8 Å². The molecule has 1 saturated heterocycles. The van der Waals surface area contributed by atoms with Crippen molar-refractivity contribution in [3.63, 3.8) is 0 Å². The highest BCUT2D eigenvalue weighted by atomic mass is 16.6. The van der Waals surface area contributed by atoms with Crippen LogP contribution in [-0.4, -0.2) is 60.8 Å². The third kappa shape index (κ3) is 10.2. The number of methoxy groups -OCH3 is 1. The van der Waals surface area contributed by atoms with Crippen LogP contribution >= 0.6 is 0 Å². The van der Waals surface area contributed by atoms with Crippen molar-refractivity contribution in [1.82, 2.24) is 0 Å². The van der Waals surface area contributed by atoms with Crippen LogP contribution in [0.3, 0.4) is 0 Å². The van der Waals surface area contributed by atoms with Crippen molar-refractivity contribution in [3.8, 4) is 0 Å². The minimum Gasteiger partial charge on any atom is -0.458 e. The lowest BCUT2D eigenvalue weighted by atomic mass is 9.84. The maximum Gasteiger partial charge on any atom is 0.331 e. The molecule has 0 saturated carbocycles. The van der Waals surface area contributed by atoms with Gasteiger partial charge in [0.05, 0.1) is 6.42 Å². The number of carbonyl (C=O) groups excluding carboxylic acids is 2. The highest BCUT2D eigenvalue weighted by Gasteiger charge is 2.44. The zero-order valence-corrected chi connectivity index (χ0v) is 21.0. The summed E-state index contributed by atoms with van der Waals surface area (Å²) in [6.07, 6.45) is 7.25. The molecule has 1 heterocycles. The second-order valence-electron chi connectivity index (χ2n) is 9.19. The van der Waals surface area contributed by atoms with E-state index in [1.54, 1.807) is 12.2 Å². The van der Waals surface area contributed by atoms with Crippen LogP contribution in [-0.2, 0) is 23.8 Å². The Labute approximate surface area is 198 Å². The van der Waals surface area contributed by atoms with Gasteiger partial charge in [0, 0.05) is 32.3 Å². The largest absolute Gasteiger partial charge is 0.458 e. The van der Waals surface area contributed by atoms with Crippen molar-refractivity contribution in [3.05, 3.63) is 35.5 Å². The molecule has 0 spiro atoms. The van der Waals surface area contributed by atoms with Gasteiger partial charge in [0.2, 0.25) is 0 Å². The predicted octanol–water partition coefficient (Wildman–Crippen LogP) is 3.74. The Morgan fingerprint density at radius 3 is 2.52 bits per heavy atom. The Morgan fingerprint density at radius 1 is 1.24 bits per heavy atom. The molecule has 0 radical (unpaired) electrons. The summed E-state index contributed by atoms with van der Waals surface area (Å²) in [7, 11) is 1.50. The SMILES string of the molecule is C/C=C(\C)C[C@@H](C)C[C@H](C)[C@H]1OC(=O)C[C@@H](OC)[C@H]1OC(=O)/C=C/C(C)=C/[C@H](CO)CCO. The zero-order valence-electron chi connectivity index (χ0n) is 21.0. The standard InChI is InChI=1S/C26H42O7/c1-7-17(2)12-19(4)13-20(5)25-26(22(31-6)15-24(30)33-25)32-23(29)9-8-18(3)14-21(16-28)10-11-27/h7-9,14,19-22,25-28H,10-13,15-16H2,1-6H3/b9-8+,17-7+,18-14+/t19-,20+,21-,22-,25-,26-/m1/s1. The van der Waals surface area contributed by atoms with Crippen LogP contribution in [0.15, 0.2) is 35.5 Å². The third-order valence-electron chi connectivity index (χ3n) is 6.09. The number of cyclic esters (lactones) is 1. The van der Waals surface area contributed by atoms with E-state index in [1.165, 1.54) is 18.8 Å². The molecule has 1 aliphatic heterocycles. The number of hydrogen-bond donors (Lipinski definition) is 2. The summed E-state index contributed by atoms with van der Waals surface area (Å²) in [4.78, 5) is 24.8. The maximum atomic E-state index is 12.6. The molecule has 1 rings (SSSR count). The molecule has 7 heteroatoms. The van der Waals surface area contributed by atoms with E-state index < -0.39 is 24.3 Å². The van der Waals surface area contributed by atoms with E-state index >= 15 is 0 Å². The second-order valence-corrected chi connectivity index (χ2v) is 9.19. The molecule has 0 aromatic carbocycles. The van der Waals surface area contributed by atoms with Gasteiger partial charge in [-0.25, -0.2) is 4.79 Å². The number of esters is 2. The zero-order chi connectivity index (χ0) is 25.0. The van der Waals surface area contributed by atoms with Crippen LogP contribution in [0, 0.1) is 17.8 Å². The Morgan fingerprint density at radius 2 is 1.94 bits per heavy atom. The summed E-state index contributed by atoms with van der Waals surface area (Å²) in [6.45, 7) is 10.0. The van der Waals surface area contributed by atoms with Crippen molar-refractivity contribution < 1.29 is 34.0 Å². The van der Waals surface area contributed by atoms with Crippen LogP contribution in [0.4, 0.5) is 0 Å². The van der Waals surface area contributed by atoms with Crippen molar-refractivity contribution >= 4 is 11.9 Å². The average Bonchev–Trinajstić information content (AvgIpc) is 2.77. The molecule has 0 aliphatic carbocycles. The van der Waals surface area contributed by atoms with Gasteiger partial charge in [-0.05, 0) is 51.9 Å². The molecule has 33 heavy (non-hydrogen) atoms. The fourth-order valence-corrected chi connectivity index (χ4v) is 4.27. The van der Waals surface area contributed by atoms with Crippen LogP contribution < -0.4 is 0 Å². The highest BCUT2D eigenvalue weighted by molar-refractivity contribution is 5.83. The van der Waals surface area contributed by atoms with E-state index in [-0.39, 0.29) is 37.4 Å². The van der Waals surface area contributed by atoms with Crippen molar-refractivity contribution in [2.24, 2.45) is 17.8 Å². The normalized spacial score (nSPS) is 25.0. The fourth-order valence-electron chi connectivity index (χ4n) is 4.27. The molecular weight excluding hydrogens is 424 g/mol. The van der Waals surface area contributed by atoms with Crippen LogP contribution in [0.5, 0.6) is 0 Å². The van der Waals surface area contributed by atoms with Gasteiger partial charge < -0.3 is 24.4 Å². The summed E-state index contributed by atoms with van der Waals surface area (Å²) in [5.41, 5.74) is 2.08. The number of carbonyl (C=O) groups is 2. The molecule has 1 aliphatic rings. The number of aliphatic hydroxyl groups excluding tert-OH is 2. The van der Waals surface area contributed by atoms with E-state index in [2.05, 4.69) is 19.9 Å². The molecule has 0 aromatic heterocycles. The molecule has 6 atom stereocenters. The first-order chi connectivity index (χ1) is 15.6. The quantitative estimate of drug-likeness (QED) is 0.184. The first-order valence-electron chi connectivity index (χ1n) is 11.8. The molecular formula is C26H42O7. The molecule has 0 aromatic rings. The lowest BCUT2D eigenvalue weighted by Gasteiger charge is -2.39. The number of ether oxygens (including phenoxy) is 3. The first-order valence-corrected chi connectivity index (χ1v) is 11.8. The lowest BCUT2D eigenvalue weighted by Crippen LogP contribution is -2.52. The van der Waals surface area contributed by atoms with E-state index in [9.17, 15) is 14.7 Å². The Kier molecular flexibility index (Phi) is 13.3. The minimum atomic E-state index is -0.696. The van der Waals surface area contributed by atoms with Crippen molar-refractivity contribution in [1.29, 1.82) is 0 Å². The Bertz CT molecular complexity index is 709. The van der Waals surface area contributed by atoms with E-state index in [0.717, 1.165) is 18.4 Å². The van der Waals surface area contributed by atoms with Gasteiger partial charge in [-0.3, -0.25) is 4.79 Å². The molecule has 0 unspecified atom stereocenters. The van der Waals surface area contributed by atoms with Crippen LogP contribution in [0.25, 0.3) is 0 Å². The molecule has 7 nitrogen and oxygen atoms in total. The fraction of sp³-hybridized carbons (Fsp3) is 0.692. The number of aliphatic hydroxyl groups is 2. The third-order valence-corrected chi connectivity index (χ3v) is 6.09. The van der Waals surface area contributed by atoms with Crippen molar-refractivity contribution in [2.75, 3.05) is 20.3 Å². The molecule has 0 amide bonds. The highest BCUT2D eigenvalue weighted by Crippen LogP contribution is 2.31. The summed E-state index contributed by atoms with van der Waals surface area (Å²) < 4.78 is 16.9. The second kappa shape index (κ2) is 15.0.